The summed E-state index contributed by atoms with van der Waals surface area (Å²) in [5, 5.41) is 3.49. The molecule has 0 aliphatic heterocycles. The number of rotatable bonds is 7. The van der Waals surface area contributed by atoms with Crippen LogP contribution in [0.25, 0.3) is 0 Å². The lowest BCUT2D eigenvalue weighted by Crippen LogP contribution is -2.48. The van der Waals surface area contributed by atoms with Gasteiger partial charge >= 0.3 is 0 Å². The maximum atomic E-state index is 12.9. The quantitative estimate of drug-likeness (QED) is 0.779. The molecule has 2 rings (SSSR count). The zero-order valence-electron chi connectivity index (χ0n) is 14.8. The topological polar surface area (TPSA) is 49.4 Å². The fraction of sp³-hybridized carbons (Fsp3) is 0.300. The van der Waals surface area contributed by atoms with Crippen molar-refractivity contribution in [1.29, 1.82) is 0 Å². The molecular weight excluding hydrogens is 371 g/mol. The standard InChI is InChI=1S/C20H22Cl2N2O2/c1-14(20(26)23-2)24(12-11-15-7-4-3-5-8-15)19(25)13-16-17(21)9-6-10-18(16)22/h3-10,14H,11-13H2,1-2H3,(H,23,26)/t14-/m1/s1. The van der Waals surface area contributed by atoms with Crippen LogP contribution in [-0.4, -0.2) is 36.3 Å². The lowest BCUT2D eigenvalue weighted by molar-refractivity contribution is -0.139. The summed E-state index contributed by atoms with van der Waals surface area (Å²) in [6.07, 6.45) is 0.707. The van der Waals surface area contributed by atoms with Crippen molar-refractivity contribution in [2.24, 2.45) is 0 Å². The number of likely N-dealkylation sites (N-methyl/N-ethyl adjacent to an activating group) is 1. The van der Waals surface area contributed by atoms with E-state index in [0.29, 0.717) is 28.6 Å². The van der Waals surface area contributed by atoms with E-state index in [1.165, 1.54) is 0 Å². The normalized spacial score (nSPS) is 11.7. The zero-order valence-corrected chi connectivity index (χ0v) is 16.3. The van der Waals surface area contributed by atoms with E-state index >= 15 is 0 Å². The molecular formula is C20H22Cl2N2O2. The van der Waals surface area contributed by atoms with Gasteiger partial charge in [-0.1, -0.05) is 59.6 Å². The Morgan fingerprint density at radius 1 is 1.04 bits per heavy atom. The number of carbonyl (C=O) groups is 2. The van der Waals surface area contributed by atoms with Crippen molar-refractivity contribution >= 4 is 35.0 Å². The molecule has 4 nitrogen and oxygen atoms in total. The lowest BCUT2D eigenvalue weighted by atomic mass is 10.1. The van der Waals surface area contributed by atoms with E-state index < -0.39 is 6.04 Å². The second-order valence-corrected chi connectivity index (χ2v) is 6.80. The summed E-state index contributed by atoms with van der Waals surface area (Å²) in [4.78, 5) is 26.6. The third-order valence-corrected chi connectivity index (χ3v) is 5.00. The first kappa shape index (κ1) is 20.3. The van der Waals surface area contributed by atoms with E-state index in [0.717, 1.165) is 5.56 Å². The molecule has 0 bridgehead atoms. The highest BCUT2D eigenvalue weighted by atomic mass is 35.5. The van der Waals surface area contributed by atoms with Crippen LogP contribution in [0.5, 0.6) is 0 Å². The molecule has 6 heteroatoms. The Morgan fingerprint density at radius 2 is 1.65 bits per heavy atom. The van der Waals surface area contributed by atoms with Crippen LogP contribution < -0.4 is 5.32 Å². The Kier molecular flexibility index (Phi) is 7.49. The second-order valence-electron chi connectivity index (χ2n) is 5.99. The van der Waals surface area contributed by atoms with Gasteiger partial charge in [-0.05, 0) is 36.6 Å². The summed E-state index contributed by atoms with van der Waals surface area (Å²) in [7, 11) is 1.56. The van der Waals surface area contributed by atoms with Crippen LogP contribution in [0, 0.1) is 0 Å². The van der Waals surface area contributed by atoms with E-state index in [1.807, 2.05) is 30.3 Å². The molecule has 0 saturated carbocycles. The Labute approximate surface area is 164 Å². The number of hydrogen-bond donors (Lipinski definition) is 1. The van der Waals surface area contributed by atoms with Crippen LogP contribution in [0.4, 0.5) is 0 Å². The molecule has 0 aliphatic rings. The van der Waals surface area contributed by atoms with Gasteiger partial charge in [0.2, 0.25) is 11.8 Å². The van der Waals surface area contributed by atoms with Crippen LogP contribution >= 0.6 is 23.2 Å². The molecule has 0 radical (unpaired) electrons. The van der Waals surface area contributed by atoms with Gasteiger partial charge in [0.25, 0.3) is 0 Å². The average Bonchev–Trinajstić information content (AvgIpc) is 2.65. The Balaban J connectivity index is 2.19. The maximum Gasteiger partial charge on any atom is 0.242 e. The fourth-order valence-electron chi connectivity index (χ4n) is 2.73. The zero-order chi connectivity index (χ0) is 19.1. The molecule has 1 atom stereocenters. The van der Waals surface area contributed by atoms with Crippen LogP contribution in [-0.2, 0) is 22.4 Å². The first-order chi connectivity index (χ1) is 12.4. The van der Waals surface area contributed by atoms with Crippen molar-refractivity contribution in [2.75, 3.05) is 13.6 Å². The molecule has 138 valence electrons. The molecule has 0 unspecified atom stereocenters. The van der Waals surface area contributed by atoms with Crippen molar-refractivity contribution in [2.45, 2.75) is 25.8 Å². The van der Waals surface area contributed by atoms with Crippen LogP contribution in [0.2, 0.25) is 10.0 Å². The molecule has 0 spiro atoms. The molecule has 0 heterocycles. The molecule has 1 N–H and O–H groups in total. The summed E-state index contributed by atoms with van der Waals surface area (Å²) >= 11 is 12.4. The minimum Gasteiger partial charge on any atom is -0.357 e. The van der Waals surface area contributed by atoms with Gasteiger partial charge in [-0.25, -0.2) is 0 Å². The largest absolute Gasteiger partial charge is 0.357 e. The molecule has 0 saturated heterocycles. The lowest BCUT2D eigenvalue weighted by Gasteiger charge is -2.28. The van der Waals surface area contributed by atoms with Crippen LogP contribution in [0.15, 0.2) is 48.5 Å². The Bertz CT molecular complexity index is 745. The summed E-state index contributed by atoms with van der Waals surface area (Å²) in [6, 6.07) is 14.4. The first-order valence-electron chi connectivity index (χ1n) is 8.42. The van der Waals surface area contributed by atoms with Crippen LogP contribution in [0.1, 0.15) is 18.1 Å². The second kappa shape index (κ2) is 9.60. The van der Waals surface area contributed by atoms with E-state index in [-0.39, 0.29) is 18.2 Å². The highest BCUT2D eigenvalue weighted by Gasteiger charge is 2.26. The predicted molar refractivity (Wildman–Crippen MR) is 106 cm³/mol. The molecule has 0 aromatic heterocycles. The maximum absolute atomic E-state index is 12.9. The number of nitrogens with one attached hydrogen (secondary N) is 1. The van der Waals surface area contributed by atoms with Crippen molar-refractivity contribution in [3.63, 3.8) is 0 Å². The highest BCUT2D eigenvalue weighted by Crippen LogP contribution is 2.25. The van der Waals surface area contributed by atoms with Gasteiger partial charge in [0.05, 0.1) is 6.42 Å². The summed E-state index contributed by atoms with van der Waals surface area (Å²) in [6.45, 7) is 2.15. The van der Waals surface area contributed by atoms with Crippen molar-refractivity contribution in [3.05, 3.63) is 69.7 Å². The van der Waals surface area contributed by atoms with E-state index in [9.17, 15) is 9.59 Å². The number of carbonyl (C=O) groups excluding carboxylic acids is 2. The minimum atomic E-state index is -0.586. The van der Waals surface area contributed by atoms with Crippen molar-refractivity contribution in [3.8, 4) is 0 Å². The molecule has 2 amide bonds. The van der Waals surface area contributed by atoms with Gasteiger partial charge in [-0.15, -0.1) is 0 Å². The fourth-order valence-corrected chi connectivity index (χ4v) is 3.26. The van der Waals surface area contributed by atoms with Crippen molar-refractivity contribution in [1.82, 2.24) is 10.2 Å². The average molecular weight is 393 g/mol. The molecule has 26 heavy (non-hydrogen) atoms. The third-order valence-electron chi connectivity index (χ3n) is 4.29. The molecule has 2 aromatic rings. The number of amides is 2. The van der Waals surface area contributed by atoms with Gasteiger partial charge in [-0.2, -0.15) is 0 Å². The third kappa shape index (κ3) is 5.23. The van der Waals surface area contributed by atoms with Gasteiger partial charge in [0.15, 0.2) is 0 Å². The van der Waals surface area contributed by atoms with Crippen LogP contribution in [0.3, 0.4) is 0 Å². The SMILES string of the molecule is CNC(=O)[C@@H](C)N(CCc1ccccc1)C(=O)Cc1c(Cl)cccc1Cl. The Hall–Kier alpha value is -2.04. The predicted octanol–water partition coefficient (Wildman–Crippen LogP) is 3.74. The Morgan fingerprint density at radius 3 is 2.23 bits per heavy atom. The summed E-state index contributed by atoms with van der Waals surface area (Å²) < 4.78 is 0. The smallest absolute Gasteiger partial charge is 0.242 e. The highest BCUT2D eigenvalue weighted by molar-refractivity contribution is 6.36. The number of nitrogens with zero attached hydrogens (tertiary/aromatic N) is 1. The number of benzene rings is 2. The summed E-state index contributed by atoms with van der Waals surface area (Å²) in [5.74, 6) is -0.399. The number of hydrogen-bond acceptors (Lipinski definition) is 2. The monoisotopic (exact) mass is 392 g/mol. The van der Waals surface area contributed by atoms with Crippen molar-refractivity contribution < 1.29 is 9.59 Å². The molecule has 2 aromatic carbocycles. The summed E-state index contributed by atoms with van der Waals surface area (Å²) in [5.41, 5.74) is 1.68. The first-order valence-corrected chi connectivity index (χ1v) is 9.17. The minimum absolute atomic E-state index is 0.0502. The van der Waals surface area contributed by atoms with E-state index in [4.69, 9.17) is 23.2 Å². The molecule has 0 aliphatic carbocycles. The van der Waals surface area contributed by atoms with Gasteiger partial charge in [0.1, 0.15) is 6.04 Å². The van der Waals surface area contributed by atoms with E-state index in [1.54, 1.807) is 37.1 Å². The van der Waals surface area contributed by atoms with Gasteiger partial charge in [0, 0.05) is 23.6 Å². The molecule has 0 fully saturated rings. The van der Waals surface area contributed by atoms with Gasteiger partial charge in [-0.3, -0.25) is 9.59 Å². The number of halogens is 2. The van der Waals surface area contributed by atoms with E-state index in [2.05, 4.69) is 5.32 Å². The van der Waals surface area contributed by atoms with Gasteiger partial charge < -0.3 is 10.2 Å².